The second kappa shape index (κ2) is 2.30. The fourth-order valence-electron chi connectivity index (χ4n) is 1.15. The van der Waals surface area contributed by atoms with Crippen LogP contribution >= 0.6 is 15.9 Å². The minimum atomic E-state index is 0.765. The Kier molecular flexibility index (Phi) is 1.42. The van der Waals surface area contributed by atoms with E-state index in [2.05, 4.69) is 26.1 Å². The first-order chi connectivity index (χ1) is 5.29. The summed E-state index contributed by atoms with van der Waals surface area (Å²) in [6, 6.07) is 0. The maximum Gasteiger partial charge on any atom is 0.135 e. The van der Waals surface area contributed by atoms with Crippen LogP contribution in [0.2, 0.25) is 0 Å². The molecule has 0 fully saturated rings. The molecule has 11 heavy (non-hydrogen) atoms. The van der Waals surface area contributed by atoms with Crippen LogP contribution in [-0.4, -0.2) is 11.4 Å². The molecular weight excluding hydrogens is 206 g/mol. The molecule has 0 unspecified atom stereocenters. The second-order valence-electron chi connectivity index (χ2n) is 2.43. The SMILES string of the molecule is NC1=C2NC=CN2CC=C1Br. The Balaban J connectivity index is 2.40. The summed E-state index contributed by atoms with van der Waals surface area (Å²) >= 11 is 3.37. The molecule has 3 nitrogen and oxygen atoms in total. The predicted molar refractivity (Wildman–Crippen MR) is 47.2 cm³/mol. The van der Waals surface area contributed by atoms with E-state index in [-0.39, 0.29) is 0 Å². The molecule has 0 bridgehead atoms. The van der Waals surface area contributed by atoms with Gasteiger partial charge in [0.15, 0.2) is 0 Å². The highest BCUT2D eigenvalue weighted by atomic mass is 79.9. The van der Waals surface area contributed by atoms with Gasteiger partial charge in [-0.2, -0.15) is 0 Å². The molecule has 2 heterocycles. The molecule has 0 radical (unpaired) electrons. The van der Waals surface area contributed by atoms with E-state index in [0.717, 1.165) is 22.5 Å². The van der Waals surface area contributed by atoms with Gasteiger partial charge in [-0.1, -0.05) is 0 Å². The van der Waals surface area contributed by atoms with Crippen LogP contribution in [-0.2, 0) is 0 Å². The zero-order valence-corrected chi connectivity index (χ0v) is 7.43. The van der Waals surface area contributed by atoms with Crippen molar-refractivity contribution >= 4 is 15.9 Å². The highest BCUT2D eigenvalue weighted by Gasteiger charge is 2.19. The van der Waals surface area contributed by atoms with Crippen LogP contribution in [0, 0.1) is 0 Å². The highest BCUT2D eigenvalue weighted by molar-refractivity contribution is 9.12. The number of halogens is 1. The Morgan fingerprint density at radius 3 is 3.27 bits per heavy atom. The van der Waals surface area contributed by atoms with Gasteiger partial charge >= 0.3 is 0 Å². The summed E-state index contributed by atoms with van der Waals surface area (Å²) in [5.41, 5.74) is 6.55. The molecule has 0 aromatic heterocycles. The molecule has 0 aliphatic carbocycles. The minimum absolute atomic E-state index is 0.765. The summed E-state index contributed by atoms with van der Waals surface area (Å²) < 4.78 is 0.972. The quantitative estimate of drug-likeness (QED) is 0.626. The van der Waals surface area contributed by atoms with Gasteiger partial charge in [0.1, 0.15) is 5.82 Å². The number of nitrogens with two attached hydrogens (primary N) is 1. The summed E-state index contributed by atoms with van der Waals surface area (Å²) in [7, 11) is 0. The lowest BCUT2D eigenvalue weighted by atomic mass is 10.3. The van der Waals surface area contributed by atoms with Gasteiger partial charge in [-0.15, -0.1) is 0 Å². The van der Waals surface area contributed by atoms with E-state index in [1.165, 1.54) is 0 Å². The lowest BCUT2D eigenvalue weighted by Crippen LogP contribution is -2.26. The number of nitrogens with zero attached hydrogens (tertiary/aromatic N) is 1. The van der Waals surface area contributed by atoms with Crippen LogP contribution in [0.15, 0.2) is 34.5 Å². The monoisotopic (exact) mass is 213 g/mol. The van der Waals surface area contributed by atoms with Gasteiger partial charge in [0.05, 0.1) is 5.70 Å². The molecule has 0 amide bonds. The number of rotatable bonds is 0. The third kappa shape index (κ3) is 0.939. The zero-order valence-electron chi connectivity index (χ0n) is 5.84. The van der Waals surface area contributed by atoms with E-state index in [1.807, 2.05) is 18.5 Å². The average Bonchev–Trinajstić information content (AvgIpc) is 2.45. The Bertz CT molecular complexity index is 277. The number of hydrogen-bond donors (Lipinski definition) is 2. The van der Waals surface area contributed by atoms with Crippen LogP contribution < -0.4 is 11.1 Å². The van der Waals surface area contributed by atoms with Crippen molar-refractivity contribution in [2.75, 3.05) is 6.54 Å². The first-order valence-corrected chi connectivity index (χ1v) is 4.14. The standard InChI is InChI=1S/C7H8BrN3/c8-5-1-3-11-4-2-10-7(11)6(5)9/h1-2,4,10H,3,9H2. The maximum atomic E-state index is 5.78. The van der Waals surface area contributed by atoms with Crippen molar-refractivity contribution in [2.45, 2.75) is 0 Å². The fraction of sp³-hybridized carbons (Fsp3) is 0.143. The van der Waals surface area contributed by atoms with E-state index in [4.69, 9.17) is 5.73 Å². The number of hydrogen-bond acceptors (Lipinski definition) is 3. The van der Waals surface area contributed by atoms with Crippen molar-refractivity contribution in [3.63, 3.8) is 0 Å². The maximum absolute atomic E-state index is 5.78. The van der Waals surface area contributed by atoms with Gasteiger partial charge in [-0.3, -0.25) is 0 Å². The van der Waals surface area contributed by atoms with E-state index >= 15 is 0 Å². The lowest BCUT2D eigenvalue weighted by molar-refractivity contribution is 0.504. The molecule has 0 aromatic rings. The number of allylic oxidation sites excluding steroid dienone is 1. The third-order valence-electron chi connectivity index (χ3n) is 1.74. The van der Waals surface area contributed by atoms with Crippen LogP contribution in [0.25, 0.3) is 0 Å². The first kappa shape index (κ1) is 6.79. The van der Waals surface area contributed by atoms with Crippen LogP contribution in [0.3, 0.4) is 0 Å². The lowest BCUT2D eigenvalue weighted by Gasteiger charge is -2.22. The van der Waals surface area contributed by atoms with Gasteiger partial charge in [-0.25, -0.2) is 0 Å². The third-order valence-corrected chi connectivity index (χ3v) is 2.49. The average molecular weight is 214 g/mol. The molecule has 0 saturated carbocycles. The molecule has 3 N–H and O–H groups in total. The first-order valence-electron chi connectivity index (χ1n) is 3.34. The molecule has 0 atom stereocenters. The minimum Gasteiger partial charge on any atom is -0.395 e. The van der Waals surface area contributed by atoms with Crippen LogP contribution in [0.5, 0.6) is 0 Å². The normalized spacial score (nSPS) is 21.5. The van der Waals surface area contributed by atoms with Crippen molar-refractivity contribution in [2.24, 2.45) is 5.73 Å². The Labute approximate surface area is 73.4 Å². The van der Waals surface area contributed by atoms with E-state index < -0.39 is 0 Å². The molecule has 2 aliphatic rings. The van der Waals surface area contributed by atoms with Crippen molar-refractivity contribution in [3.05, 3.63) is 34.5 Å². The van der Waals surface area contributed by atoms with Crippen LogP contribution in [0.4, 0.5) is 0 Å². The van der Waals surface area contributed by atoms with E-state index in [0.29, 0.717) is 0 Å². The van der Waals surface area contributed by atoms with Gasteiger partial charge in [0.2, 0.25) is 0 Å². The summed E-state index contributed by atoms with van der Waals surface area (Å²) in [5.74, 6) is 0.972. The van der Waals surface area contributed by atoms with Crippen LogP contribution in [0.1, 0.15) is 0 Å². The largest absolute Gasteiger partial charge is 0.395 e. The van der Waals surface area contributed by atoms with Crippen molar-refractivity contribution < 1.29 is 0 Å². The van der Waals surface area contributed by atoms with Gasteiger partial charge in [-0.05, 0) is 22.0 Å². The second-order valence-corrected chi connectivity index (χ2v) is 3.28. The molecule has 58 valence electrons. The molecule has 4 heteroatoms. The van der Waals surface area contributed by atoms with E-state index in [1.54, 1.807) is 0 Å². The van der Waals surface area contributed by atoms with Gasteiger partial charge in [0, 0.05) is 23.4 Å². The molecule has 2 aliphatic heterocycles. The van der Waals surface area contributed by atoms with Crippen molar-refractivity contribution in [3.8, 4) is 0 Å². The van der Waals surface area contributed by atoms with Gasteiger partial charge in [0.25, 0.3) is 0 Å². The fourth-order valence-corrected chi connectivity index (χ4v) is 1.48. The summed E-state index contributed by atoms with van der Waals surface area (Å²) in [6.07, 6.45) is 5.88. The topological polar surface area (TPSA) is 41.3 Å². The molecule has 0 saturated heterocycles. The zero-order chi connectivity index (χ0) is 7.84. The number of nitrogens with one attached hydrogen (secondary N) is 1. The molecular formula is C7H8BrN3. The number of fused-ring (bicyclic) bond motifs is 1. The molecule has 0 aromatic carbocycles. The highest BCUT2D eigenvalue weighted by Crippen LogP contribution is 2.24. The summed E-state index contributed by atoms with van der Waals surface area (Å²) in [5, 5.41) is 3.07. The van der Waals surface area contributed by atoms with Crippen molar-refractivity contribution in [1.82, 2.24) is 10.2 Å². The van der Waals surface area contributed by atoms with Gasteiger partial charge < -0.3 is 16.0 Å². The summed E-state index contributed by atoms with van der Waals surface area (Å²) in [6.45, 7) is 0.875. The molecule has 2 rings (SSSR count). The Hall–Kier alpha value is -0.900. The smallest absolute Gasteiger partial charge is 0.135 e. The summed E-state index contributed by atoms with van der Waals surface area (Å²) in [4.78, 5) is 2.06. The Morgan fingerprint density at radius 1 is 1.64 bits per heavy atom. The van der Waals surface area contributed by atoms with Crippen molar-refractivity contribution in [1.29, 1.82) is 0 Å². The molecule has 0 spiro atoms. The predicted octanol–water partition coefficient (Wildman–Crippen LogP) is 0.783. The Morgan fingerprint density at radius 2 is 2.45 bits per heavy atom. The van der Waals surface area contributed by atoms with E-state index in [9.17, 15) is 0 Å².